The fourth-order valence-corrected chi connectivity index (χ4v) is 2.19. The molecule has 1 amide bonds. The number of carboxylic acids is 1. The molecule has 5 nitrogen and oxygen atoms in total. The van der Waals surface area contributed by atoms with Crippen LogP contribution in [0.1, 0.15) is 27.4 Å². The number of carbonyl (C=O) groups is 2. The van der Waals surface area contributed by atoms with Gasteiger partial charge in [0.2, 0.25) is 5.91 Å². The first-order valence-corrected chi connectivity index (χ1v) is 7.05. The molecule has 0 aliphatic carbocycles. The number of hydrogen-bond donors (Lipinski definition) is 1. The van der Waals surface area contributed by atoms with Crippen molar-refractivity contribution in [1.29, 1.82) is 0 Å². The summed E-state index contributed by atoms with van der Waals surface area (Å²) in [5.74, 6) is -0.348. The summed E-state index contributed by atoms with van der Waals surface area (Å²) in [6.07, 6.45) is 0.249. The molecular formula is C16H16ClNO4. The van der Waals surface area contributed by atoms with Crippen molar-refractivity contribution in [3.8, 4) is 0 Å². The number of furan rings is 1. The number of likely N-dealkylation sites (N-methyl/N-ethyl adjacent to an activating group) is 1. The van der Waals surface area contributed by atoms with Crippen LogP contribution in [-0.4, -0.2) is 28.9 Å². The maximum atomic E-state index is 12.2. The smallest absolute Gasteiger partial charge is 0.339 e. The zero-order valence-electron chi connectivity index (χ0n) is 12.3. The minimum atomic E-state index is -1.04. The van der Waals surface area contributed by atoms with Crippen LogP contribution in [0.5, 0.6) is 0 Å². The van der Waals surface area contributed by atoms with Gasteiger partial charge in [-0.3, -0.25) is 4.79 Å². The van der Waals surface area contributed by atoms with Crippen LogP contribution in [0.15, 0.2) is 34.7 Å². The number of nitrogens with zero attached hydrogens (tertiary/aromatic N) is 1. The first-order valence-electron chi connectivity index (χ1n) is 6.68. The van der Waals surface area contributed by atoms with Gasteiger partial charge in [-0.2, -0.15) is 0 Å². The van der Waals surface area contributed by atoms with E-state index in [1.54, 1.807) is 38.2 Å². The van der Waals surface area contributed by atoms with Crippen molar-refractivity contribution in [2.75, 3.05) is 7.05 Å². The van der Waals surface area contributed by atoms with Gasteiger partial charge in [-0.25, -0.2) is 4.79 Å². The Morgan fingerprint density at radius 1 is 1.27 bits per heavy atom. The normalized spacial score (nSPS) is 10.5. The van der Waals surface area contributed by atoms with Gasteiger partial charge in [-0.15, -0.1) is 0 Å². The lowest BCUT2D eigenvalue weighted by atomic mass is 10.1. The molecule has 2 aromatic rings. The molecule has 22 heavy (non-hydrogen) atoms. The van der Waals surface area contributed by atoms with Crippen molar-refractivity contribution >= 4 is 23.5 Å². The Kier molecular flexibility index (Phi) is 4.88. The van der Waals surface area contributed by atoms with Gasteiger partial charge in [0.1, 0.15) is 17.1 Å². The summed E-state index contributed by atoms with van der Waals surface area (Å²) in [5.41, 5.74) is 0.983. The molecule has 0 bridgehead atoms. The van der Waals surface area contributed by atoms with E-state index >= 15 is 0 Å². The number of carbonyl (C=O) groups excluding carboxylic acids is 1. The summed E-state index contributed by atoms with van der Waals surface area (Å²) in [7, 11) is 1.65. The highest BCUT2D eigenvalue weighted by molar-refractivity contribution is 6.30. The van der Waals surface area contributed by atoms with Crippen molar-refractivity contribution in [1.82, 2.24) is 4.90 Å². The molecule has 0 radical (unpaired) electrons. The number of halogens is 1. The van der Waals surface area contributed by atoms with Crippen LogP contribution < -0.4 is 0 Å². The van der Waals surface area contributed by atoms with E-state index in [-0.39, 0.29) is 24.4 Å². The lowest BCUT2D eigenvalue weighted by molar-refractivity contribution is -0.129. The van der Waals surface area contributed by atoms with Gasteiger partial charge >= 0.3 is 5.97 Å². The first-order chi connectivity index (χ1) is 10.4. The average Bonchev–Trinajstić information content (AvgIpc) is 2.82. The molecule has 1 aromatic heterocycles. The van der Waals surface area contributed by atoms with E-state index in [1.807, 2.05) is 0 Å². The summed E-state index contributed by atoms with van der Waals surface area (Å²) in [6.45, 7) is 1.81. The van der Waals surface area contributed by atoms with Crippen molar-refractivity contribution in [2.45, 2.75) is 19.9 Å². The summed E-state index contributed by atoms with van der Waals surface area (Å²) in [5, 5.41) is 9.61. The molecule has 1 N–H and O–H groups in total. The minimum Gasteiger partial charge on any atom is -0.478 e. The predicted molar refractivity (Wildman–Crippen MR) is 82.0 cm³/mol. The molecule has 0 unspecified atom stereocenters. The van der Waals surface area contributed by atoms with Crippen molar-refractivity contribution < 1.29 is 19.1 Å². The van der Waals surface area contributed by atoms with E-state index in [0.29, 0.717) is 16.5 Å². The van der Waals surface area contributed by atoms with Crippen molar-refractivity contribution in [3.63, 3.8) is 0 Å². The highest BCUT2D eigenvalue weighted by atomic mass is 35.5. The van der Waals surface area contributed by atoms with Gasteiger partial charge in [-0.05, 0) is 30.7 Å². The van der Waals surface area contributed by atoms with Crippen LogP contribution in [0.3, 0.4) is 0 Å². The summed E-state index contributed by atoms with van der Waals surface area (Å²) < 4.78 is 5.37. The number of amides is 1. The molecular weight excluding hydrogens is 306 g/mol. The summed E-state index contributed by atoms with van der Waals surface area (Å²) >= 11 is 5.81. The summed E-state index contributed by atoms with van der Waals surface area (Å²) in [4.78, 5) is 24.6. The Labute approximate surface area is 133 Å². The third-order valence-electron chi connectivity index (χ3n) is 3.29. The molecule has 0 saturated heterocycles. The van der Waals surface area contributed by atoms with Gasteiger partial charge in [0.15, 0.2) is 0 Å². The van der Waals surface area contributed by atoms with Gasteiger partial charge in [0.05, 0.1) is 13.0 Å². The van der Waals surface area contributed by atoms with E-state index < -0.39 is 5.97 Å². The predicted octanol–water partition coefficient (Wildman–Crippen LogP) is 3.14. The standard InChI is InChI=1S/C16H16ClNO4/c1-10-14(16(20)21)8-13(22-10)9-18(2)15(19)7-11-3-5-12(17)6-4-11/h3-6,8H,7,9H2,1-2H3,(H,20,21). The fourth-order valence-electron chi connectivity index (χ4n) is 2.07. The number of carboxylic acid groups (broad SMARTS) is 1. The molecule has 0 atom stereocenters. The molecule has 0 aliphatic rings. The van der Waals surface area contributed by atoms with Crippen molar-refractivity contribution in [3.05, 3.63) is 58.0 Å². The number of rotatable bonds is 5. The molecule has 6 heteroatoms. The molecule has 0 saturated carbocycles. The maximum Gasteiger partial charge on any atom is 0.339 e. The molecule has 2 rings (SSSR count). The molecule has 116 valence electrons. The Bertz CT molecular complexity index is 691. The van der Waals surface area contributed by atoms with E-state index in [4.69, 9.17) is 21.1 Å². The topological polar surface area (TPSA) is 70.8 Å². The summed E-state index contributed by atoms with van der Waals surface area (Å²) in [6, 6.07) is 8.52. The molecule has 1 heterocycles. The monoisotopic (exact) mass is 321 g/mol. The number of hydrogen-bond acceptors (Lipinski definition) is 3. The second-order valence-corrected chi connectivity index (χ2v) is 5.48. The van der Waals surface area contributed by atoms with Crippen LogP contribution in [0.4, 0.5) is 0 Å². The zero-order chi connectivity index (χ0) is 16.3. The first kappa shape index (κ1) is 16.1. The third kappa shape index (κ3) is 3.89. The lowest BCUT2D eigenvalue weighted by Gasteiger charge is -2.15. The second-order valence-electron chi connectivity index (χ2n) is 5.04. The Balaban J connectivity index is 2.00. The SMILES string of the molecule is Cc1oc(CN(C)C(=O)Cc2ccc(Cl)cc2)cc1C(=O)O. The highest BCUT2D eigenvalue weighted by Gasteiger charge is 2.17. The number of aryl methyl sites for hydroxylation is 1. The van der Waals surface area contributed by atoms with Gasteiger partial charge < -0.3 is 14.4 Å². The Hall–Kier alpha value is -2.27. The highest BCUT2D eigenvalue weighted by Crippen LogP contribution is 2.17. The third-order valence-corrected chi connectivity index (χ3v) is 3.54. The Morgan fingerprint density at radius 3 is 2.45 bits per heavy atom. The van der Waals surface area contributed by atoms with E-state index in [9.17, 15) is 9.59 Å². The van der Waals surface area contributed by atoms with Crippen LogP contribution >= 0.6 is 11.6 Å². The second kappa shape index (κ2) is 6.66. The zero-order valence-corrected chi connectivity index (χ0v) is 13.1. The quantitative estimate of drug-likeness (QED) is 0.918. The van der Waals surface area contributed by atoms with E-state index in [2.05, 4.69) is 0 Å². The Morgan fingerprint density at radius 2 is 1.91 bits per heavy atom. The van der Waals surface area contributed by atoms with Crippen LogP contribution in [-0.2, 0) is 17.8 Å². The van der Waals surface area contributed by atoms with Crippen LogP contribution in [0, 0.1) is 6.92 Å². The number of aromatic carboxylic acids is 1. The van der Waals surface area contributed by atoms with Gasteiger partial charge in [-0.1, -0.05) is 23.7 Å². The fraction of sp³-hybridized carbons (Fsp3) is 0.250. The molecule has 0 fully saturated rings. The van der Waals surface area contributed by atoms with Gasteiger partial charge in [0, 0.05) is 12.1 Å². The molecule has 0 aliphatic heterocycles. The largest absolute Gasteiger partial charge is 0.478 e. The van der Waals surface area contributed by atoms with Crippen LogP contribution in [0.2, 0.25) is 5.02 Å². The average molecular weight is 322 g/mol. The van der Waals surface area contributed by atoms with E-state index in [0.717, 1.165) is 5.56 Å². The number of benzene rings is 1. The van der Waals surface area contributed by atoms with E-state index in [1.165, 1.54) is 11.0 Å². The van der Waals surface area contributed by atoms with Gasteiger partial charge in [0.25, 0.3) is 0 Å². The maximum absolute atomic E-state index is 12.2. The minimum absolute atomic E-state index is 0.0896. The van der Waals surface area contributed by atoms with Crippen LogP contribution in [0.25, 0.3) is 0 Å². The lowest BCUT2D eigenvalue weighted by Crippen LogP contribution is -2.27. The van der Waals surface area contributed by atoms with Crippen molar-refractivity contribution in [2.24, 2.45) is 0 Å². The molecule has 1 aromatic carbocycles. The molecule has 0 spiro atoms.